The summed E-state index contributed by atoms with van der Waals surface area (Å²) in [5.41, 5.74) is 1.51. The number of carbonyl (C=O) groups is 2. The van der Waals surface area contributed by atoms with Crippen LogP contribution in [0.15, 0.2) is 36.4 Å². The largest absolute Gasteiger partial charge is 0.493 e. The van der Waals surface area contributed by atoms with Gasteiger partial charge in [-0.1, -0.05) is 35.3 Å². The second-order valence-corrected chi connectivity index (χ2v) is 6.84. The Kier molecular flexibility index (Phi) is 7.96. The molecule has 0 unspecified atom stereocenters. The molecule has 0 saturated heterocycles. The van der Waals surface area contributed by atoms with Crippen LogP contribution in [0.1, 0.15) is 11.1 Å². The maximum absolute atomic E-state index is 12.2. The molecular weight excluding hydrogens is 405 g/mol. The molecule has 0 atom stereocenters. The van der Waals surface area contributed by atoms with Crippen molar-refractivity contribution in [2.45, 2.75) is 13.0 Å². The normalized spacial score (nSPS) is 10.3. The fourth-order valence-corrected chi connectivity index (χ4v) is 2.78. The predicted octanol–water partition coefficient (Wildman–Crippen LogP) is 3.75. The molecule has 0 fully saturated rings. The number of halogens is 2. The molecule has 0 spiro atoms. The zero-order chi connectivity index (χ0) is 20.7. The van der Waals surface area contributed by atoms with Crippen LogP contribution >= 0.6 is 23.2 Å². The molecule has 0 aliphatic rings. The van der Waals surface area contributed by atoms with Crippen molar-refractivity contribution in [3.05, 3.63) is 57.6 Å². The highest BCUT2D eigenvalue weighted by atomic mass is 35.5. The van der Waals surface area contributed by atoms with Crippen LogP contribution < -0.4 is 9.47 Å². The van der Waals surface area contributed by atoms with Gasteiger partial charge in [-0.3, -0.25) is 9.59 Å². The molecule has 6 nitrogen and oxygen atoms in total. The molecule has 150 valence electrons. The molecule has 0 bridgehead atoms. The number of ether oxygens (including phenoxy) is 3. The SMILES string of the molecule is COc1ccc(CC(=O)OCC(=O)N(C)Cc2ccc(Cl)c(Cl)c2)cc1OC. The fourth-order valence-electron chi connectivity index (χ4n) is 2.46. The highest BCUT2D eigenvalue weighted by Gasteiger charge is 2.14. The first-order valence-corrected chi connectivity index (χ1v) is 9.14. The van der Waals surface area contributed by atoms with Gasteiger partial charge in [-0.2, -0.15) is 0 Å². The molecule has 0 aliphatic carbocycles. The maximum Gasteiger partial charge on any atom is 0.310 e. The van der Waals surface area contributed by atoms with E-state index < -0.39 is 5.97 Å². The van der Waals surface area contributed by atoms with Crippen molar-refractivity contribution in [1.29, 1.82) is 0 Å². The zero-order valence-corrected chi connectivity index (χ0v) is 17.3. The van der Waals surface area contributed by atoms with Crippen LogP contribution in [0.5, 0.6) is 11.5 Å². The molecule has 0 saturated carbocycles. The van der Waals surface area contributed by atoms with Crippen LogP contribution in [-0.4, -0.2) is 44.7 Å². The summed E-state index contributed by atoms with van der Waals surface area (Å²) in [5.74, 6) is 0.249. The number of methoxy groups -OCH3 is 2. The average molecular weight is 426 g/mol. The van der Waals surface area contributed by atoms with Crippen molar-refractivity contribution in [3.8, 4) is 11.5 Å². The molecule has 0 heterocycles. The van der Waals surface area contributed by atoms with E-state index in [-0.39, 0.29) is 18.9 Å². The van der Waals surface area contributed by atoms with Gasteiger partial charge in [-0.15, -0.1) is 0 Å². The summed E-state index contributed by atoms with van der Waals surface area (Å²) in [4.78, 5) is 25.7. The lowest BCUT2D eigenvalue weighted by Crippen LogP contribution is -2.31. The van der Waals surface area contributed by atoms with E-state index in [1.807, 2.05) is 0 Å². The van der Waals surface area contributed by atoms with Gasteiger partial charge in [0.05, 0.1) is 30.7 Å². The Morgan fingerprint density at radius 3 is 2.25 bits per heavy atom. The van der Waals surface area contributed by atoms with Crippen LogP contribution in [-0.2, 0) is 27.3 Å². The number of hydrogen-bond acceptors (Lipinski definition) is 5. The van der Waals surface area contributed by atoms with Gasteiger partial charge < -0.3 is 19.1 Å². The standard InChI is InChI=1S/C20H21Cl2NO5/c1-23(11-14-4-6-15(21)16(22)8-14)19(24)12-28-20(25)10-13-5-7-17(26-2)18(9-13)27-3/h4-9H,10-12H2,1-3H3. The predicted molar refractivity (Wildman–Crippen MR) is 107 cm³/mol. The van der Waals surface area contributed by atoms with Crippen molar-refractivity contribution in [1.82, 2.24) is 4.90 Å². The Morgan fingerprint density at radius 1 is 0.929 bits per heavy atom. The summed E-state index contributed by atoms with van der Waals surface area (Å²) in [6, 6.07) is 10.3. The molecular formula is C20H21Cl2NO5. The summed E-state index contributed by atoms with van der Waals surface area (Å²) in [7, 11) is 4.67. The van der Waals surface area contributed by atoms with Crippen molar-refractivity contribution >= 4 is 35.1 Å². The monoisotopic (exact) mass is 425 g/mol. The molecule has 2 aromatic rings. The third kappa shape index (κ3) is 6.04. The van der Waals surface area contributed by atoms with Crippen LogP contribution in [0, 0.1) is 0 Å². The van der Waals surface area contributed by atoms with Gasteiger partial charge in [-0.25, -0.2) is 0 Å². The first-order valence-electron chi connectivity index (χ1n) is 8.38. The molecule has 0 radical (unpaired) electrons. The number of likely N-dealkylation sites (N-methyl/N-ethyl adjacent to an activating group) is 1. The number of amides is 1. The zero-order valence-electron chi connectivity index (χ0n) is 15.8. The van der Waals surface area contributed by atoms with E-state index in [4.69, 9.17) is 37.4 Å². The van der Waals surface area contributed by atoms with Crippen molar-refractivity contribution < 1.29 is 23.8 Å². The molecule has 0 N–H and O–H groups in total. The summed E-state index contributed by atoms with van der Waals surface area (Å²) < 4.78 is 15.5. The average Bonchev–Trinajstić information content (AvgIpc) is 2.68. The van der Waals surface area contributed by atoms with E-state index in [1.54, 1.807) is 43.4 Å². The van der Waals surface area contributed by atoms with Gasteiger partial charge in [-0.05, 0) is 35.4 Å². The highest BCUT2D eigenvalue weighted by Crippen LogP contribution is 2.27. The minimum Gasteiger partial charge on any atom is -0.493 e. The van der Waals surface area contributed by atoms with E-state index in [9.17, 15) is 9.59 Å². The van der Waals surface area contributed by atoms with Gasteiger partial charge in [0.1, 0.15) is 0 Å². The number of benzene rings is 2. The van der Waals surface area contributed by atoms with Gasteiger partial charge in [0.25, 0.3) is 5.91 Å². The second-order valence-electron chi connectivity index (χ2n) is 6.03. The van der Waals surface area contributed by atoms with Gasteiger partial charge in [0, 0.05) is 13.6 Å². The molecule has 0 aliphatic heterocycles. The summed E-state index contributed by atoms with van der Waals surface area (Å²) in [6.07, 6.45) is 0.0180. The number of carbonyl (C=O) groups excluding carboxylic acids is 2. The fraction of sp³-hybridized carbons (Fsp3) is 0.300. The van der Waals surface area contributed by atoms with E-state index in [2.05, 4.69) is 0 Å². The Bertz CT molecular complexity index is 856. The van der Waals surface area contributed by atoms with E-state index >= 15 is 0 Å². The third-order valence-corrected chi connectivity index (χ3v) is 4.72. The van der Waals surface area contributed by atoms with Crippen LogP contribution in [0.4, 0.5) is 0 Å². The van der Waals surface area contributed by atoms with Crippen LogP contribution in [0.3, 0.4) is 0 Å². The number of hydrogen-bond donors (Lipinski definition) is 0. The third-order valence-electron chi connectivity index (χ3n) is 3.98. The smallest absolute Gasteiger partial charge is 0.310 e. The highest BCUT2D eigenvalue weighted by molar-refractivity contribution is 6.42. The molecule has 0 aromatic heterocycles. The molecule has 28 heavy (non-hydrogen) atoms. The lowest BCUT2D eigenvalue weighted by atomic mass is 10.1. The van der Waals surface area contributed by atoms with Gasteiger partial charge >= 0.3 is 5.97 Å². The lowest BCUT2D eigenvalue weighted by Gasteiger charge is -2.17. The molecule has 2 rings (SSSR count). The lowest BCUT2D eigenvalue weighted by molar-refractivity contribution is -0.151. The minimum atomic E-state index is -0.511. The Labute approximate surface area is 173 Å². The quantitative estimate of drug-likeness (QED) is 0.602. The van der Waals surface area contributed by atoms with Gasteiger partial charge in [0.2, 0.25) is 0 Å². The van der Waals surface area contributed by atoms with Crippen molar-refractivity contribution in [2.75, 3.05) is 27.9 Å². The first-order chi connectivity index (χ1) is 13.3. The first kappa shape index (κ1) is 21.9. The van der Waals surface area contributed by atoms with Crippen molar-refractivity contribution in [2.24, 2.45) is 0 Å². The molecule has 1 amide bonds. The summed E-state index contributed by atoms with van der Waals surface area (Å²) in [5, 5.41) is 0.866. The molecule has 2 aromatic carbocycles. The van der Waals surface area contributed by atoms with E-state index in [0.29, 0.717) is 33.7 Å². The number of nitrogens with zero attached hydrogens (tertiary/aromatic N) is 1. The Balaban J connectivity index is 1.86. The summed E-state index contributed by atoms with van der Waals surface area (Å²) >= 11 is 11.9. The Hall–Kier alpha value is -2.44. The van der Waals surface area contributed by atoms with Gasteiger partial charge in [0.15, 0.2) is 18.1 Å². The minimum absolute atomic E-state index is 0.0180. The van der Waals surface area contributed by atoms with E-state index in [0.717, 1.165) is 5.56 Å². The number of esters is 1. The Morgan fingerprint density at radius 2 is 1.61 bits per heavy atom. The van der Waals surface area contributed by atoms with Crippen LogP contribution in [0.25, 0.3) is 0 Å². The number of rotatable bonds is 8. The maximum atomic E-state index is 12.2. The second kappa shape index (κ2) is 10.2. The van der Waals surface area contributed by atoms with E-state index in [1.165, 1.54) is 19.1 Å². The molecule has 8 heteroatoms. The van der Waals surface area contributed by atoms with Crippen molar-refractivity contribution in [3.63, 3.8) is 0 Å². The topological polar surface area (TPSA) is 65.1 Å². The van der Waals surface area contributed by atoms with Crippen LogP contribution in [0.2, 0.25) is 10.0 Å². The summed E-state index contributed by atoms with van der Waals surface area (Å²) in [6.45, 7) is -0.0209.